The van der Waals surface area contributed by atoms with E-state index >= 15 is 0 Å². The van der Waals surface area contributed by atoms with Crippen LogP contribution in [0, 0.1) is 0 Å². The van der Waals surface area contributed by atoms with E-state index in [1.54, 1.807) is 12.1 Å². The number of quaternary nitrogens is 1. The number of rotatable bonds is 63. The standard InChI is InChI=1S/C74H132N6O9S4/c1-7-9-11-13-15-17-19-21-23-25-27-29-31-33-35-39-54-87-60-63(88-55-40-36-34-32-30-28-26-24-22-20-18-16-14-12-10-8-2)61-92-91-58-52-80(5,6)51-57-86-53-41-42-56-89-73(82)66(59-75-71(81)50-38-37-48-69-72-67(62-90-69)76-74(83)77-72)78-93(84,85)70-49-44-45-64-65(70)46-43-47-68(64)79(3)4/h43-47,49,63,66-67,69,72,78H,7-42,48,50-62H2,1-6H3,(H2-,75,76,77,81,83)/p+1/t63?,66-,67-,69-,72-/m0/s1. The fourth-order valence-electron chi connectivity index (χ4n) is 12.5. The van der Waals surface area contributed by atoms with E-state index in [1.807, 2.05) is 70.5 Å². The molecule has 3 amide bonds. The monoisotopic (exact) mass is 1380 g/mol. The molecule has 5 atom stereocenters. The molecule has 2 aliphatic heterocycles. The smallest absolute Gasteiger partial charge is 0.326 e. The molecule has 0 radical (unpaired) electrons. The van der Waals surface area contributed by atoms with Crippen LogP contribution >= 0.6 is 33.3 Å². The number of amides is 3. The molecule has 0 spiro atoms. The molecule has 2 aromatic rings. The number of carbonyl (C=O) groups is 3. The van der Waals surface area contributed by atoms with Crippen molar-refractivity contribution in [2.24, 2.45) is 0 Å². The average molecular weight is 1380 g/mol. The quantitative estimate of drug-likeness (QED) is 0.0162. The Labute approximate surface area is 579 Å². The van der Waals surface area contributed by atoms with Crippen LogP contribution in [0.5, 0.6) is 0 Å². The summed E-state index contributed by atoms with van der Waals surface area (Å²) in [6.45, 7) is 9.73. The van der Waals surface area contributed by atoms with Crippen molar-refractivity contribution < 1.29 is 46.2 Å². The van der Waals surface area contributed by atoms with Crippen molar-refractivity contribution in [3.05, 3.63) is 36.4 Å². The summed E-state index contributed by atoms with van der Waals surface area (Å²) in [5.41, 5.74) is 0.858. The van der Waals surface area contributed by atoms with Crippen LogP contribution in [-0.4, -0.2) is 165 Å². The lowest BCUT2D eigenvalue weighted by molar-refractivity contribution is -0.888. The largest absolute Gasteiger partial charge is 0.464 e. The number of thioether (sulfide) groups is 1. The fraction of sp³-hybridized carbons (Fsp3) is 0.824. The van der Waals surface area contributed by atoms with E-state index in [4.69, 9.17) is 18.9 Å². The minimum Gasteiger partial charge on any atom is -0.464 e. The molecule has 15 nitrogen and oxygen atoms in total. The van der Waals surface area contributed by atoms with Crippen LogP contribution in [0.4, 0.5) is 10.5 Å². The van der Waals surface area contributed by atoms with E-state index < -0.39 is 22.0 Å². The molecule has 2 aromatic carbocycles. The summed E-state index contributed by atoms with van der Waals surface area (Å²) in [6, 6.07) is 9.34. The van der Waals surface area contributed by atoms with Crippen LogP contribution in [0.1, 0.15) is 258 Å². The molecule has 4 rings (SSSR count). The summed E-state index contributed by atoms with van der Waals surface area (Å²) in [5.74, 6) is 1.78. The SMILES string of the molecule is CCCCCCCCCCCCCCCCCCOCC(CSSCC[N+](C)(C)CCOCCCCOC(=O)[C@H](CNC(=O)CCCC[C@@H]1SC[C@@H]2NC(=O)N[C@@H]21)NS(=O)(=O)c1cccc2c(N(C)C)cccc12)OCCCCCCCCCCCCCCCCCC. The van der Waals surface area contributed by atoms with Crippen LogP contribution < -0.4 is 25.6 Å². The number of fused-ring (bicyclic) bond motifs is 2. The molecule has 2 saturated heterocycles. The summed E-state index contributed by atoms with van der Waals surface area (Å²) in [7, 11) is 7.89. The highest BCUT2D eigenvalue weighted by molar-refractivity contribution is 8.76. The van der Waals surface area contributed by atoms with Gasteiger partial charge in [-0.05, 0) is 50.7 Å². The van der Waals surface area contributed by atoms with E-state index in [0.717, 1.165) is 84.8 Å². The van der Waals surface area contributed by atoms with Gasteiger partial charge < -0.3 is 44.3 Å². The van der Waals surface area contributed by atoms with Gasteiger partial charge in [-0.25, -0.2) is 13.2 Å². The first-order valence-corrected chi connectivity index (χ1v) is 42.4. The van der Waals surface area contributed by atoms with Crippen molar-refractivity contribution in [2.75, 3.05) is 110 Å². The zero-order valence-corrected chi connectivity index (χ0v) is 62.7. The second-order valence-corrected chi connectivity index (χ2v) is 33.1. The fourth-order valence-corrected chi connectivity index (χ4v) is 17.9. The van der Waals surface area contributed by atoms with E-state index in [0.29, 0.717) is 49.7 Å². The van der Waals surface area contributed by atoms with Gasteiger partial charge in [0.25, 0.3) is 0 Å². The third-order valence-corrected chi connectivity index (χ3v) is 23.9. The van der Waals surface area contributed by atoms with E-state index in [2.05, 4.69) is 48.6 Å². The maximum atomic E-state index is 14.1. The van der Waals surface area contributed by atoms with Crippen molar-refractivity contribution in [3.63, 3.8) is 0 Å². The number of anilines is 1. The van der Waals surface area contributed by atoms with Crippen LogP contribution in [-0.2, 0) is 38.6 Å². The molecule has 2 fully saturated rings. The molecular formula is C74H133N6O9S4+. The Morgan fingerprint density at radius 3 is 1.74 bits per heavy atom. The number of likely N-dealkylation sites (N-methyl/N-ethyl adjacent to an activating group) is 1. The molecule has 0 bridgehead atoms. The van der Waals surface area contributed by atoms with Crippen molar-refractivity contribution in [1.29, 1.82) is 0 Å². The van der Waals surface area contributed by atoms with Gasteiger partial charge in [-0.3, -0.25) is 9.59 Å². The number of carbonyl (C=O) groups excluding carboxylic acids is 3. The van der Waals surface area contributed by atoms with Gasteiger partial charge in [-0.1, -0.05) is 259 Å². The molecule has 2 heterocycles. The van der Waals surface area contributed by atoms with Crippen molar-refractivity contribution in [3.8, 4) is 0 Å². The first-order valence-electron chi connectivity index (χ1n) is 37.4. The first kappa shape index (κ1) is 82.9. The van der Waals surface area contributed by atoms with Gasteiger partial charge in [0.2, 0.25) is 15.9 Å². The predicted octanol–water partition coefficient (Wildman–Crippen LogP) is 17.1. The lowest BCUT2D eigenvalue weighted by Gasteiger charge is -2.29. The number of hydrogen-bond donors (Lipinski definition) is 4. The van der Waals surface area contributed by atoms with E-state index in [1.165, 1.54) is 199 Å². The second kappa shape index (κ2) is 52.6. The number of unbranched alkanes of at least 4 members (excludes halogenated alkanes) is 32. The zero-order valence-electron chi connectivity index (χ0n) is 59.4. The number of esters is 1. The Hall–Kier alpha value is -2.49. The molecule has 0 aliphatic carbocycles. The van der Waals surface area contributed by atoms with Crippen LogP contribution in [0.25, 0.3) is 10.8 Å². The summed E-state index contributed by atoms with van der Waals surface area (Å²) in [4.78, 5) is 40.6. The van der Waals surface area contributed by atoms with E-state index in [-0.39, 0.29) is 54.6 Å². The lowest BCUT2D eigenvalue weighted by atomic mass is 10.0. The average Bonchev–Trinajstić information content (AvgIpc) is 1.62. The molecular weight excluding hydrogens is 1250 g/mol. The third kappa shape index (κ3) is 38.5. The van der Waals surface area contributed by atoms with Crippen molar-refractivity contribution >= 4 is 77.7 Å². The van der Waals surface area contributed by atoms with E-state index in [9.17, 15) is 22.8 Å². The van der Waals surface area contributed by atoms with Gasteiger partial charge >= 0.3 is 12.0 Å². The van der Waals surface area contributed by atoms with Gasteiger partial charge in [0, 0.05) is 80.1 Å². The highest BCUT2D eigenvalue weighted by Gasteiger charge is 2.42. The third-order valence-electron chi connectivity index (χ3n) is 18.5. The number of benzene rings is 2. The number of nitrogens with one attached hydrogen (secondary N) is 4. The summed E-state index contributed by atoms with van der Waals surface area (Å²) >= 11 is 1.84. The summed E-state index contributed by atoms with van der Waals surface area (Å²) < 4.78 is 56.2. The number of hydrogen-bond acceptors (Lipinski definition) is 13. The lowest BCUT2D eigenvalue weighted by Crippen LogP contribution is -2.49. The minimum absolute atomic E-state index is 0.0337. The Morgan fingerprint density at radius 2 is 1.15 bits per heavy atom. The Bertz CT molecular complexity index is 2350. The molecule has 2 aliphatic rings. The maximum absolute atomic E-state index is 14.1. The van der Waals surface area contributed by atoms with Crippen LogP contribution in [0.2, 0.25) is 0 Å². The van der Waals surface area contributed by atoms with Gasteiger partial charge in [0.05, 0.1) is 69.3 Å². The van der Waals surface area contributed by atoms with Gasteiger partial charge in [0.15, 0.2) is 0 Å². The maximum Gasteiger partial charge on any atom is 0.326 e. The van der Waals surface area contributed by atoms with Crippen molar-refractivity contribution in [2.45, 2.75) is 292 Å². The Morgan fingerprint density at radius 1 is 0.624 bits per heavy atom. The zero-order chi connectivity index (χ0) is 66.9. The van der Waals surface area contributed by atoms with Crippen LogP contribution in [0.15, 0.2) is 41.3 Å². The van der Waals surface area contributed by atoms with Gasteiger partial charge in [-0.2, -0.15) is 16.5 Å². The topological polar surface area (TPSA) is 174 Å². The molecule has 4 N–H and O–H groups in total. The van der Waals surface area contributed by atoms with Gasteiger partial charge in [-0.15, -0.1) is 0 Å². The molecule has 19 heteroatoms. The predicted molar refractivity (Wildman–Crippen MR) is 397 cm³/mol. The normalized spacial score (nSPS) is 16.4. The van der Waals surface area contributed by atoms with Crippen LogP contribution in [0.3, 0.4) is 0 Å². The summed E-state index contributed by atoms with van der Waals surface area (Å²) in [5, 5.41) is 10.3. The minimum atomic E-state index is -4.25. The summed E-state index contributed by atoms with van der Waals surface area (Å²) in [6.07, 6.45) is 47.7. The Kier molecular flexibility index (Phi) is 46.9. The number of urea groups is 1. The van der Waals surface area contributed by atoms with Crippen molar-refractivity contribution in [1.82, 2.24) is 20.7 Å². The molecule has 536 valence electrons. The Balaban J connectivity index is 1.11. The molecule has 1 unspecified atom stereocenters. The molecule has 0 aromatic heterocycles. The number of nitrogens with zero attached hydrogens (tertiary/aromatic N) is 2. The number of sulfonamides is 1. The molecule has 93 heavy (non-hydrogen) atoms. The second-order valence-electron chi connectivity index (χ2n) is 27.5. The highest BCUT2D eigenvalue weighted by atomic mass is 33.1. The first-order chi connectivity index (χ1) is 45.2. The molecule has 0 saturated carbocycles. The highest BCUT2D eigenvalue weighted by Crippen LogP contribution is 2.34. The number of ether oxygens (including phenoxy) is 4. The van der Waals surface area contributed by atoms with Gasteiger partial charge in [0.1, 0.15) is 12.6 Å².